The van der Waals surface area contributed by atoms with Crippen LogP contribution in [0.15, 0.2) is 58.2 Å². The third-order valence-electron chi connectivity index (χ3n) is 3.54. The second kappa shape index (κ2) is 6.75. The van der Waals surface area contributed by atoms with Crippen molar-refractivity contribution in [1.82, 2.24) is 9.55 Å². The van der Waals surface area contributed by atoms with E-state index in [1.165, 1.54) is 4.90 Å². The summed E-state index contributed by atoms with van der Waals surface area (Å²) in [7, 11) is 0. The third kappa shape index (κ3) is 3.20. The van der Waals surface area contributed by atoms with Crippen molar-refractivity contribution < 1.29 is 4.74 Å². The highest BCUT2D eigenvalue weighted by Gasteiger charge is 2.05. The summed E-state index contributed by atoms with van der Waals surface area (Å²) in [4.78, 5) is 16.0. The number of nitrogens with one attached hydrogen (secondary N) is 1. The van der Waals surface area contributed by atoms with E-state index in [0.717, 1.165) is 23.2 Å². The fraction of sp³-hybridized carbons (Fsp3) is 0.235. The normalized spacial score (nSPS) is 11.0. The minimum Gasteiger partial charge on any atom is -0.494 e. The standard InChI is InChI=1S/C17H18N2O2S/c1-22-14-9-7-13(8-10-14)21-12-4-11-19-16-6-3-2-5-15(16)18-17(19)20/h2-3,5-10H,4,11-12H2,1H3,(H,18,20). The number of aromatic nitrogens is 2. The van der Waals surface area contributed by atoms with Gasteiger partial charge in [-0.25, -0.2) is 4.79 Å². The van der Waals surface area contributed by atoms with Gasteiger partial charge in [-0.05, 0) is 49.1 Å². The van der Waals surface area contributed by atoms with Crippen molar-refractivity contribution in [2.24, 2.45) is 0 Å². The van der Waals surface area contributed by atoms with Crippen molar-refractivity contribution in [3.63, 3.8) is 0 Å². The van der Waals surface area contributed by atoms with Crippen LogP contribution in [0, 0.1) is 0 Å². The van der Waals surface area contributed by atoms with Crippen LogP contribution in [0.1, 0.15) is 6.42 Å². The van der Waals surface area contributed by atoms with E-state index in [0.29, 0.717) is 13.2 Å². The zero-order valence-electron chi connectivity index (χ0n) is 12.4. The summed E-state index contributed by atoms with van der Waals surface area (Å²) in [6, 6.07) is 15.8. The molecule has 0 fully saturated rings. The number of fused-ring (bicyclic) bond motifs is 1. The van der Waals surface area contributed by atoms with E-state index in [-0.39, 0.29) is 5.69 Å². The number of benzene rings is 2. The molecule has 1 aromatic heterocycles. The molecule has 0 saturated heterocycles. The molecule has 0 aliphatic rings. The molecule has 0 bridgehead atoms. The van der Waals surface area contributed by atoms with Crippen molar-refractivity contribution in [3.8, 4) is 5.75 Å². The number of para-hydroxylation sites is 2. The van der Waals surface area contributed by atoms with Crippen LogP contribution in [0.25, 0.3) is 11.0 Å². The molecule has 0 amide bonds. The van der Waals surface area contributed by atoms with Crippen molar-refractivity contribution in [1.29, 1.82) is 0 Å². The van der Waals surface area contributed by atoms with Gasteiger partial charge in [0.1, 0.15) is 5.75 Å². The molecule has 4 nitrogen and oxygen atoms in total. The molecule has 5 heteroatoms. The molecule has 0 atom stereocenters. The molecule has 22 heavy (non-hydrogen) atoms. The Bertz CT molecular complexity index is 805. The van der Waals surface area contributed by atoms with Crippen LogP contribution in [-0.4, -0.2) is 22.4 Å². The first-order chi connectivity index (χ1) is 10.8. The van der Waals surface area contributed by atoms with Crippen LogP contribution < -0.4 is 10.4 Å². The average molecular weight is 314 g/mol. The Labute approximate surface area is 133 Å². The van der Waals surface area contributed by atoms with E-state index in [9.17, 15) is 4.79 Å². The fourth-order valence-electron chi connectivity index (χ4n) is 2.41. The Balaban J connectivity index is 1.58. The van der Waals surface area contributed by atoms with Gasteiger partial charge in [-0.1, -0.05) is 12.1 Å². The van der Waals surface area contributed by atoms with Crippen LogP contribution in [0.5, 0.6) is 5.75 Å². The molecule has 3 aromatic rings. The molecule has 114 valence electrons. The number of rotatable bonds is 6. The van der Waals surface area contributed by atoms with Crippen molar-refractivity contribution >= 4 is 22.8 Å². The molecule has 0 aliphatic heterocycles. The van der Waals surface area contributed by atoms with Gasteiger partial charge in [-0.15, -0.1) is 11.8 Å². The highest BCUT2D eigenvalue weighted by Crippen LogP contribution is 2.19. The summed E-state index contributed by atoms with van der Waals surface area (Å²) in [6.07, 6.45) is 2.83. The van der Waals surface area contributed by atoms with Gasteiger partial charge >= 0.3 is 5.69 Å². The monoisotopic (exact) mass is 314 g/mol. The predicted molar refractivity (Wildman–Crippen MR) is 90.9 cm³/mol. The zero-order valence-corrected chi connectivity index (χ0v) is 13.2. The molecule has 1 heterocycles. The molecule has 3 rings (SSSR count). The lowest BCUT2D eigenvalue weighted by Gasteiger charge is -2.07. The van der Waals surface area contributed by atoms with Gasteiger partial charge < -0.3 is 9.72 Å². The van der Waals surface area contributed by atoms with E-state index < -0.39 is 0 Å². The number of hydrogen-bond acceptors (Lipinski definition) is 3. The Morgan fingerprint density at radius 2 is 1.91 bits per heavy atom. The third-order valence-corrected chi connectivity index (χ3v) is 4.28. The Morgan fingerprint density at radius 1 is 1.14 bits per heavy atom. The van der Waals surface area contributed by atoms with Gasteiger partial charge in [0.2, 0.25) is 0 Å². The topological polar surface area (TPSA) is 47.0 Å². The summed E-state index contributed by atoms with van der Waals surface area (Å²) < 4.78 is 7.48. The molecule has 0 spiro atoms. The van der Waals surface area contributed by atoms with Crippen molar-refractivity contribution in [2.45, 2.75) is 17.9 Å². The van der Waals surface area contributed by atoms with E-state index >= 15 is 0 Å². The van der Waals surface area contributed by atoms with E-state index in [4.69, 9.17) is 4.74 Å². The fourth-order valence-corrected chi connectivity index (χ4v) is 2.82. The minimum absolute atomic E-state index is 0.0643. The van der Waals surface area contributed by atoms with Gasteiger partial charge in [-0.3, -0.25) is 4.57 Å². The Hall–Kier alpha value is -2.14. The smallest absolute Gasteiger partial charge is 0.326 e. The molecular weight excluding hydrogens is 296 g/mol. The average Bonchev–Trinajstić information content (AvgIpc) is 2.88. The maximum atomic E-state index is 11.9. The van der Waals surface area contributed by atoms with Crippen LogP contribution >= 0.6 is 11.8 Å². The quantitative estimate of drug-likeness (QED) is 0.559. The maximum absolute atomic E-state index is 11.9. The van der Waals surface area contributed by atoms with Crippen LogP contribution in [-0.2, 0) is 6.54 Å². The van der Waals surface area contributed by atoms with Gasteiger partial charge in [0.05, 0.1) is 17.6 Å². The molecule has 1 N–H and O–H groups in total. The molecule has 2 aromatic carbocycles. The largest absolute Gasteiger partial charge is 0.494 e. The van der Waals surface area contributed by atoms with E-state index in [1.807, 2.05) is 48.5 Å². The number of aryl methyl sites for hydroxylation is 1. The molecule has 0 aliphatic carbocycles. The lowest BCUT2D eigenvalue weighted by molar-refractivity contribution is 0.301. The first-order valence-electron chi connectivity index (χ1n) is 7.22. The van der Waals surface area contributed by atoms with Crippen molar-refractivity contribution in [3.05, 3.63) is 59.0 Å². The second-order valence-corrected chi connectivity index (χ2v) is 5.86. The Morgan fingerprint density at radius 3 is 2.68 bits per heavy atom. The Kier molecular flexibility index (Phi) is 4.53. The maximum Gasteiger partial charge on any atom is 0.326 e. The van der Waals surface area contributed by atoms with Gasteiger partial charge in [0.15, 0.2) is 0 Å². The number of nitrogens with zero attached hydrogens (tertiary/aromatic N) is 1. The summed E-state index contributed by atoms with van der Waals surface area (Å²) in [6.45, 7) is 1.23. The number of hydrogen-bond donors (Lipinski definition) is 1. The van der Waals surface area contributed by atoms with Crippen LogP contribution in [0.2, 0.25) is 0 Å². The first-order valence-corrected chi connectivity index (χ1v) is 8.45. The summed E-state index contributed by atoms with van der Waals surface area (Å²) in [5.41, 5.74) is 1.75. The van der Waals surface area contributed by atoms with Gasteiger partial charge in [0, 0.05) is 11.4 Å². The zero-order chi connectivity index (χ0) is 15.4. The number of thioether (sulfide) groups is 1. The molecule has 0 unspecified atom stereocenters. The van der Waals surface area contributed by atoms with Crippen LogP contribution in [0.3, 0.4) is 0 Å². The molecular formula is C17H18N2O2S. The number of ether oxygens (including phenoxy) is 1. The second-order valence-electron chi connectivity index (χ2n) is 4.98. The molecule has 0 radical (unpaired) electrons. The summed E-state index contributed by atoms with van der Waals surface area (Å²) >= 11 is 1.71. The van der Waals surface area contributed by atoms with Crippen molar-refractivity contribution in [2.75, 3.05) is 12.9 Å². The lowest BCUT2D eigenvalue weighted by atomic mass is 10.3. The first kappa shape index (κ1) is 14.8. The van der Waals surface area contributed by atoms with E-state index in [1.54, 1.807) is 16.3 Å². The van der Waals surface area contributed by atoms with Crippen LogP contribution in [0.4, 0.5) is 0 Å². The minimum atomic E-state index is -0.0643. The predicted octanol–water partition coefficient (Wildman–Crippen LogP) is 3.52. The summed E-state index contributed by atoms with van der Waals surface area (Å²) in [5.74, 6) is 0.865. The van der Waals surface area contributed by atoms with Gasteiger partial charge in [0.25, 0.3) is 0 Å². The molecule has 0 saturated carbocycles. The van der Waals surface area contributed by atoms with Gasteiger partial charge in [-0.2, -0.15) is 0 Å². The lowest BCUT2D eigenvalue weighted by Crippen LogP contribution is -2.18. The summed E-state index contributed by atoms with van der Waals surface area (Å²) in [5, 5.41) is 0. The number of imidazole rings is 1. The van der Waals surface area contributed by atoms with E-state index in [2.05, 4.69) is 11.2 Å². The highest BCUT2D eigenvalue weighted by atomic mass is 32.2. The SMILES string of the molecule is CSc1ccc(OCCCn2c(=O)[nH]c3ccccc32)cc1. The number of aromatic amines is 1. The number of H-pyrrole nitrogens is 1. The highest BCUT2D eigenvalue weighted by molar-refractivity contribution is 7.98.